The van der Waals surface area contributed by atoms with Crippen molar-refractivity contribution in [2.24, 2.45) is 5.41 Å². The third-order valence-electron chi connectivity index (χ3n) is 2.29. The lowest BCUT2D eigenvalue weighted by Crippen LogP contribution is -2.24. The highest BCUT2D eigenvalue weighted by atomic mass is 16.5. The summed E-state index contributed by atoms with van der Waals surface area (Å²) in [5, 5.41) is 0. The van der Waals surface area contributed by atoms with E-state index >= 15 is 0 Å². The Hall–Kier alpha value is -0.370. The van der Waals surface area contributed by atoms with E-state index in [2.05, 4.69) is 20.8 Å². The third kappa shape index (κ3) is 7.07. The lowest BCUT2D eigenvalue weighted by atomic mass is 9.87. The van der Waals surface area contributed by atoms with Gasteiger partial charge in [-0.2, -0.15) is 0 Å². The fourth-order valence-corrected chi connectivity index (χ4v) is 1.22. The van der Waals surface area contributed by atoms with Gasteiger partial charge in [0.25, 0.3) is 0 Å². The molecule has 0 aliphatic rings. The summed E-state index contributed by atoms with van der Waals surface area (Å²) in [6, 6.07) is 0. The maximum absolute atomic E-state index is 11.6. The average molecular weight is 200 g/mol. The third-order valence-corrected chi connectivity index (χ3v) is 2.29. The molecule has 0 fully saturated rings. The summed E-state index contributed by atoms with van der Waals surface area (Å²) in [5.74, 6) is 0.336. The van der Waals surface area contributed by atoms with Gasteiger partial charge in [-0.3, -0.25) is 4.79 Å². The van der Waals surface area contributed by atoms with Gasteiger partial charge >= 0.3 is 0 Å². The molecule has 2 heteroatoms. The molecular weight excluding hydrogens is 176 g/mol. The molecule has 14 heavy (non-hydrogen) atoms. The Morgan fingerprint density at radius 2 is 1.64 bits per heavy atom. The van der Waals surface area contributed by atoms with E-state index in [1.54, 1.807) is 7.11 Å². The highest BCUT2D eigenvalue weighted by Gasteiger charge is 2.20. The Bertz CT molecular complexity index is 187. The Labute approximate surface area is 88.0 Å². The zero-order valence-electron chi connectivity index (χ0n) is 10.4. The number of Topliss-reactive ketones (excluding diaryl/α,β-unsaturated/α-hetero) is 1. The number of ketones is 1. The first-order chi connectivity index (χ1) is 6.16. The molecule has 0 radical (unpaired) electrons. The van der Waals surface area contributed by atoms with Gasteiger partial charge in [-0.1, -0.05) is 20.8 Å². The van der Waals surface area contributed by atoms with Gasteiger partial charge in [0.2, 0.25) is 0 Å². The fraction of sp³-hybridized carbons (Fsp3) is 0.917. The minimum atomic E-state index is -0.173. The highest BCUT2D eigenvalue weighted by Crippen LogP contribution is 2.22. The summed E-state index contributed by atoms with van der Waals surface area (Å²) in [4.78, 5) is 11.6. The first kappa shape index (κ1) is 13.6. The molecule has 0 amide bonds. The Morgan fingerprint density at radius 3 is 2.00 bits per heavy atom. The summed E-state index contributed by atoms with van der Waals surface area (Å²) >= 11 is 0. The molecule has 0 aliphatic heterocycles. The molecule has 0 saturated carbocycles. The topological polar surface area (TPSA) is 26.3 Å². The Balaban J connectivity index is 3.87. The summed E-state index contributed by atoms with van der Waals surface area (Å²) < 4.78 is 5.27. The molecule has 0 bridgehead atoms. The molecule has 0 heterocycles. The van der Waals surface area contributed by atoms with Crippen LogP contribution in [-0.4, -0.2) is 18.5 Å². The molecule has 84 valence electrons. The number of methoxy groups -OCH3 is 1. The van der Waals surface area contributed by atoms with Gasteiger partial charge in [-0.15, -0.1) is 0 Å². The molecule has 0 unspecified atom stereocenters. The predicted molar refractivity (Wildman–Crippen MR) is 59.4 cm³/mol. The van der Waals surface area contributed by atoms with Crippen molar-refractivity contribution in [1.29, 1.82) is 0 Å². The summed E-state index contributed by atoms with van der Waals surface area (Å²) in [7, 11) is 1.69. The monoisotopic (exact) mass is 200 g/mol. The van der Waals surface area contributed by atoms with Gasteiger partial charge in [-0.05, 0) is 25.7 Å². The number of hydrogen-bond donors (Lipinski definition) is 0. The van der Waals surface area contributed by atoms with Crippen molar-refractivity contribution in [3.05, 3.63) is 0 Å². The van der Waals surface area contributed by atoms with Crippen molar-refractivity contribution in [2.45, 2.75) is 59.5 Å². The molecule has 0 rings (SSSR count). The smallest absolute Gasteiger partial charge is 0.133 e. The van der Waals surface area contributed by atoms with E-state index in [0.29, 0.717) is 18.6 Å². The lowest BCUT2D eigenvalue weighted by Gasteiger charge is -2.23. The Morgan fingerprint density at radius 1 is 1.14 bits per heavy atom. The largest absolute Gasteiger partial charge is 0.379 e. The second kappa shape index (κ2) is 4.92. The van der Waals surface area contributed by atoms with Crippen LogP contribution in [0.25, 0.3) is 0 Å². The van der Waals surface area contributed by atoms with E-state index in [-0.39, 0.29) is 11.0 Å². The first-order valence-corrected chi connectivity index (χ1v) is 5.23. The maximum atomic E-state index is 11.6. The lowest BCUT2D eigenvalue weighted by molar-refractivity contribution is -0.122. The van der Waals surface area contributed by atoms with E-state index in [1.165, 1.54) is 0 Å². The SMILES string of the molecule is COC(C)(C)CCC(=O)CC(C)(C)C. The maximum Gasteiger partial charge on any atom is 0.133 e. The number of hydrogen-bond acceptors (Lipinski definition) is 2. The van der Waals surface area contributed by atoms with Gasteiger partial charge in [-0.25, -0.2) is 0 Å². The Kier molecular flexibility index (Phi) is 4.79. The standard InChI is InChI=1S/C12H24O2/c1-11(2,3)9-10(13)7-8-12(4,5)14-6/h7-9H2,1-6H3. The van der Waals surface area contributed by atoms with Crippen LogP contribution in [0.3, 0.4) is 0 Å². The molecule has 0 aromatic heterocycles. The van der Waals surface area contributed by atoms with Crippen molar-refractivity contribution in [3.8, 4) is 0 Å². The second-order valence-electron chi connectivity index (χ2n) is 5.74. The van der Waals surface area contributed by atoms with Crippen LogP contribution in [0.4, 0.5) is 0 Å². The summed E-state index contributed by atoms with van der Waals surface area (Å²) in [5.41, 5.74) is -0.0676. The van der Waals surface area contributed by atoms with E-state index in [9.17, 15) is 4.79 Å². The van der Waals surface area contributed by atoms with Crippen molar-refractivity contribution in [2.75, 3.05) is 7.11 Å². The average Bonchev–Trinajstić information content (AvgIpc) is 1.98. The van der Waals surface area contributed by atoms with E-state index in [0.717, 1.165) is 6.42 Å². The zero-order chi connectivity index (χ0) is 11.4. The van der Waals surface area contributed by atoms with Crippen molar-refractivity contribution < 1.29 is 9.53 Å². The molecule has 0 aliphatic carbocycles. The number of carbonyl (C=O) groups is 1. The van der Waals surface area contributed by atoms with Crippen LogP contribution in [-0.2, 0) is 9.53 Å². The number of carbonyl (C=O) groups excluding carboxylic acids is 1. The molecule has 0 spiro atoms. The van der Waals surface area contributed by atoms with Crippen LogP contribution in [0.2, 0.25) is 0 Å². The van der Waals surface area contributed by atoms with Crippen molar-refractivity contribution in [3.63, 3.8) is 0 Å². The van der Waals surface area contributed by atoms with Gasteiger partial charge < -0.3 is 4.74 Å². The van der Waals surface area contributed by atoms with Crippen LogP contribution in [0, 0.1) is 5.41 Å². The van der Waals surface area contributed by atoms with Crippen LogP contribution in [0.1, 0.15) is 53.9 Å². The van der Waals surface area contributed by atoms with Gasteiger partial charge in [0.05, 0.1) is 5.60 Å². The van der Waals surface area contributed by atoms with E-state index < -0.39 is 0 Å². The second-order valence-corrected chi connectivity index (χ2v) is 5.74. The van der Waals surface area contributed by atoms with E-state index in [1.807, 2.05) is 13.8 Å². The van der Waals surface area contributed by atoms with Crippen molar-refractivity contribution in [1.82, 2.24) is 0 Å². The van der Waals surface area contributed by atoms with Gasteiger partial charge in [0, 0.05) is 20.0 Å². The number of ether oxygens (including phenoxy) is 1. The quantitative estimate of drug-likeness (QED) is 0.681. The minimum absolute atomic E-state index is 0.105. The predicted octanol–water partition coefficient (Wildman–Crippen LogP) is 3.20. The zero-order valence-corrected chi connectivity index (χ0v) is 10.4. The molecular formula is C12H24O2. The van der Waals surface area contributed by atoms with E-state index in [4.69, 9.17) is 4.74 Å². The normalized spacial score (nSPS) is 13.0. The molecule has 0 aromatic rings. The summed E-state index contributed by atoms with van der Waals surface area (Å²) in [6.45, 7) is 10.3. The fourth-order valence-electron chi connectivity index (χ4n) is 1.22. The minimum Gasteiger partial charge on any atom is -0.379 e. The first-order valence-electron chi connectivity index (χ1n) is 5.23. The highest BCUT2D eigenvalue weighted by molar-refractivity contribution is 5.79. The molecule has 2 nitrogen and oxygen atoms in total. The molecule has 0 N–H and O–H groups in total. The van der Waals surface area contributed by atoms with Crippen LogP contribution >= 0.6 is 0 Å². The van der Waals surface area contributed by atoms with Crippen LogP contribution in [0.15, 0.2) is 0 Å². The van der Waals surface area contributed by atoms with Crippen LogP contribution in [0.5, 0.6) is 0 Å². The summed E-state index contributed by atoms with van der Waals surface area (Å²) in [6.07, 6.45) is 2.09. The van der Waals surface area contributed by atoms with Gasteiger partial charge in [0.15, 0.2) is 0 Å². The molecule has 0 aromatic carbocycles. The molecule has 0 atom stereocenters. The number of rotatable bonds is 5. The van der Waals surface area contributed by atoms with Crippen molar-refractivity contribution >= 4 is 5.78 Å². The van der Waals surface area contributed by atoms with Gasteiger partial charge in [0.1, 0.15) is 5.78 Å². The van der Waals surface area contributed by atoms with Crippen LogP contribution < -0.4 is 0 Å². The molecule has 0 saturated heterocycles.